The van der Waals surface area contributed by atoms with E-state index in [0.717, 1.165) is 30.4 Å². The maximum Gasteiger partial charge on any atom is 0.230 e. The normalized spacial score (nSPS) is 14.5. The van der Waals surface area contributed by atoms with Gasteiger partial charge >= 0.3 is 0 Å². The minimum absolute atomic E-state index is 0.173. The predicted octanol–water partition coefficient (Wildman–Crippen LogP) is 5.43. The molecule has 0 unspecified atom stereocenters. The highest BCUT2D eigenvalue weighted by atomic mass is 19.1. The van der Waals surface area contributed by atoms with Gasteiger partial charge in [0.2, 0.25) is 5.89 Å². The highest BCUT2D eigenvalue weighted by Crippen LogP contribution is 2.39. The van der Waals surface area contributed by atoms with Crippen molar-refractivity contribution in [3.05, 3.63) is 65.0 Å². The lowest BCUT2D eigenvalue weighted by Crippen LogP contribution is -2.15. The Morgan fingerprint density at radius 2 is 1.81 bits per heavy atom. The van der Waals surface area contributed by atoms with Gasteiger partial charge in [-0.15, -0.1) is 0 Å². The standard InChI is InChI=1S/C25H17FN2O3/c26-23-17(15-7-8-21-22(12-15)30-10-9-29-21)5-2-6-18(23)25-28-20-11-14-3-1-4-16(14)19(13-27)24(20)31-25/h2,5-8,11-12H,1,3-4,9-10H2. The van der Waals surface area contributed by atoms with Gasteiger partial charge in [-0.25, -0.2) is 9.37 Å². The average Bonchev–Trinajstić information content (AvgIpc) is 3.44. The van der Waals surface area contributed by atoms with Crippen LogP contribution in [0.2, 0.25) is 0 Å². The minimum Gasteiger partial charge on any atom is -0.486 e. The Balaban J connectivity index is 1.48. The molecule has 4 aromatic rings. The lowest BCUT2D eigenvalue weighted by molar-refractivity contribution is 0.171. The van der Waals surface area contributed by atoms with Crippen molar-refractivity contribution in [2.45, 2.75) is 19.3 Å². The smallest absolute Gasteiger partial charge is 0.230 e. The van der Waals surface area contributed by atoms with E-state index in [-0.39, 0.29) is 11.5 Å². The number of benzene rings is 3. The Hall–Kier alpha value is -3.85. The third-order valence-electron chi connectivity index (χ3n) is 5.95. The summed E-state index contributed by atoms with van der Waals surface area (Å²) in [6.07, 6.45) is 2.81. The molecule has 0 saturated carbocycles. The zero-order chi connectivity index (χ0) is 20.9. The van der Waals surface area contributed by atoms with E-state index >= 15 is 4.39 Å². The molecule has 6 heteroatoms. The fourth-order valence-electron chi connectivity index (χ4n) is 4.49. The SMILES string of the molecule is N#Cc1c2c(cc3nc(-c4cccc(-c5ccc6c(c5)OCCO6)c4F)oc13)CCC2. The zero-order valence-electron chi connectivity index (χ0n) is 16.6. The van der Waals surface area contributed by atoms with Crippen molar-refractivity contribution in [2.75, 3.05) is 13.2 Å². The van der Waals surface area contributed by atoms with E-state index in [1.54, 1.807) is 36.4 Å². The number of oxazole rings is 1. The van der Waals surface area contributed by atoms with Gasteiger partial charge < -0.3 is 13.9 Å². The molecule has 2 aliphatic rings. The van der Waals surface area contributed by atoms with Crippen LogP contribution in [0.1, 0.15) is 23.1 Å². The molecule has 0 saturated heterocycles. The van der Waals surface area contributed by atoms with Crippen LogP contribution in [0, 0.1) is 17.1 Å². The second-order valence-electron chi connectivity index (χ2n) is 7.75. The first-order valence-electron chi connectivity index (χ1n) is 10.3. The first-order chi connectivity index (χ1) is 15.2. The van der Waals surface area contributed by atoms with Crippen molar-refractivity contribution in [3.63, 3.8) is 0 Å². The first-order valence-corrected chi connectivity index (χ1v) is 10.3. The molecule has 1 aliphatic carbocycles. The molecule has 0 radical (unpaired) electrons. The first kappa shape index (κ1) is 18.0. The van der Waals surface area contributed by atoms with E-state index in [1.807, 2.05) is 6.07 Å². The average molecular weight is 412 g/mol. The van der Waals surface area contributed by atoms with E-state index < -0.39 is 5.82 Å². The number of hydrogen-bond acceptors (Lipinski definition) is 5. The highest BCUT2D eigenvalue weighted by molar-refractivity contribution is 5.85. The molecule has 1 aliphatic heterocycles. The number of rotatable bonds is 2. The van der Waals surface area contributed by atoms with Gasteiger partial charge in [-0.1, -0.05) is 18.2 Å². The lowest BCUT2D eigenvalue weighted by Gasteiger charge is -2.19. The van der Waals surface area contributed by atoms with E-state index in [4.69, 9.17) is 13.9 Å². The molecule has 0 N–H and O–H groups in total. The number of nitrogens with zero attached hydrogens (tertiary/aromatic N) is 2. The molecule has 0 amide bonds. The van der Waals surface area contributed by atoms with Gasteiger partial charge in [-0.3, -0.25) is 0 Å². The van der Waals surface area contributed by atoms with E-state index in [2.05, 4.69) is 11.1 Å². The van der Waals surface area contributed by atoms with E-state index in [0.29, 0.717) is 52.5 Å². The summed E-state index contributed by atoms with van der Waals surface area (Å²) >= 11 is 0. The number of hydrogen-bond donors (Lipinski definition) is 0. The van der Waals surface area contributed by atoms with Gasteiger partial charge in [0, 0.05) is 5.56 Å². The van der Waals surface area contributed by atoms with Gasteiger partial charge in [-0.2, -0.15) is 5.26 Å². The van der Waals surface area contributed by atoms with E-state index in [1.165, 1.54) is 0 Å². The van der Waals surface area contributed by atoms with Crippen LogP contribution < -0.4 is 9.47 Å². The Morgan fingerprint density at radius 3 is 2.68 bits per heavy atom. The zero-order valence-corrected chi connectivity index (χ0v) is 16.6. The Kier molecular flexibility index (Phi) is 3.97. The van der Waals surface area contributed by atoms with Crippen LogP contribution in [0.15, 0.2) is 46.9 Å². The quantitative estimate of drug-likeness (QED) is 0.439. The summed E-state index contributed by atoms with van der Waals surface area (Å²) in [6.45, 7) is 0.967. The number of nitriles is 1. The van der Waals surface area contributed by atoms with Crippen LogP contribution in [0.25, 0.3) is 33.7 Å². The van der Waals surface area contributed by atoms with Crippen LogP contribution in [0.4, 0.5) is 4.39 Å². The molecule has 0 fully saturated rings. The second kappa shape index (κ2) is 6.85. The van der Waals surface area contributed by atoms with Crippen molar-refractivity contribution in [2.24, 2.45) is 0 Å². The summed E-state index contributed by atoms with van der Waals surface area (Å²) < 4.78 is 32.7. The number of aromatic nitrogens is 1. The molecule has 0 atom stereocenters. The van der Waals surface area contributed by atoms with Crippen LogP contribution in [-0.2, 0) is 12.8 Å². The predicted molar refractivity (Wildman–Crippen MR) is 113 cm³/mol. The summed E-state index contributed by atoms with van der Waals surface area (Å²) in [5.74, 6) is 0.995. The Bertz CT molecular complexity index is 1400. The number of fused-ring (bicyclic) bond motifs is 3. The monoisotopic (exact) mass is 412 g/mol. The summed E-state index contributed by atoms with van der Waals surface area (Å²) in [4.78, 5) is 4.53. The molecule has 152 valence electrons. The number of halogens is 1. The molecule has 31 heavy (non-hydrogen) atoms. The fraction of sp³-hybridized carbons (Fsp3) is 0.200. The topological polar surface area (TPSA) is 68.3 Å². The maximum absolute atomic E-state index is 15.6. The van der Waals surface area contributed by atoms with Crippen molar-refractivity contribution in [1.82, 2.24) is 4.98 Å². The van der Waals surface area contributed by atoms with Crippen LogP contribution in [0.5, 0.6) is 11.5 Å². The maximum atomic E-state index is 15.6. The summed E-state index contributed by atoms with van der Waals surface area (Å²) in [5, 5.41) is 9.69. The van der Waals surface area contributed by atoms with Gasteiger partial charge in [0.05, 0.1) is 5.56 Å². The molecular weight excluding hydrogens is 395 g/mol. The molecule has 2 heterocycles. The Labute approximate surface area is 177 Å². The molecular formula is C25H17FN2O3. The fourth-order valence-corrected chi connectivity index (χ4v) is 4.49. The molecule has 0 spiro atoms. The third-order valence-corrected chi connectivity index (χ3v) is 5.95. The Morgan fingerprint density at radius 1 is 0.968 bits per heavy atom. The van der Waals surface area contributed by atoms with Crippen molar-refractivity contribution >= 4 is 11.1 Å². The van der Waals surface area contributed by atoms with Crippen molar-refractivity contribution in [3.8, 4) is 40.1 Å². The van der Waals surface area contributed by atoms with Gasteiger partial charge in [0.15, 0.2) is 17.1 Å². The molecule has 5 nitrogen and oxygen atoms in total. The largest absolute Gasteiger partial charge is 0.486 e. The number of ether oxygens (including phenoxy) is 2. The van der Waals surface area contributed by atoms with Crippen molar-refractivity contribution in [1.29, 1.82) is 5.26 Å². The lowest BCUT2D eigenvalue weighted by atomic mass is 10.0. The second-order valence-corrected chi connectivity index (χ2v) is 7.75. The van der Waals surface area contributed by atoms with Crippen LogP contribution in [-0.4, -0.2) is 18.2 Å². The summed E-state index contributed by atoms with van der Waals surface area (Å²) in [5.41, 5.74) is 5.06. The highest BCUT2D eigenvalue weighted by Gasteiger charge is 2.24. The van der Waals surface area contributed by atoms with E-state index in [9.17, 15) is 5.26 Å². The number of aryl methyl sites for hydroxylation is 1. The summed E-state index contributed by atoms with van der Waals surface area (Å²) in [7, 11) is 0. The van der Waals surface area contributed by atoms with Gasteiger partial charge in [0.1, 0.15) is 36.2 Å². The summed E-state index contributed by atoms with van der Waals surface area (Å²) in [6, 6.07) is 14.7. The molecule has 0 bridgehead atoms. The minimum atomic E-state index is -0.434. The molecule has 3 aromatic carbocycles. The third kappa shape index (κ3) is 2.77. The molecule has 6 rings (SSSR count). The van der Waals surface area contributed by atoms with Gasteiger partial charge in [0.25, 0.3) is 0 Å². The van der Waals surface area contributed by atoms with Crippen LogP contribution in [0.3, 0.4) is 0 Å². The van der Waals surface area contributed by atoms with Gasteiger partial charge in [-0.05, 0) is 60.2 Å². The molecule has 1 aromatic heterocycles. The van der Waals surface area contributed by atoms with Crippen LogP contribution >= 0.6 is 0 Å². The van der Waals surface area contributed by atoms with Crippen molar-refractivity contribution < 1.29 is 18.3 Å².